The summed E-state index contributed by atoms with van der Waals surface area (Å²) in [6.07, 6.45) is 8.20. The molecule has 0 amide bonds. The van der Waals surface area contributed by atoms with Crippen molar-refractivity contribution in [3.63, 3.8) is 0 Å². The summed E-state index contributed by atoms with van der Waals surface area (Å²) in [5, 5.41) is 12.8. The molecule has 1 aromatic carbocycles. The number of benzene rings is 1. The van der Waals surface area contributed by atoms with Gasteiger partial charge in [-0.3, -0.25) is 0 Å². The lowest BCUT2D eigenvalue weighted by Gasteiger charge is -2.43. The average molecular weight is 291 g/mol. The van der Waals surface area contributed by atoms with Crippen LogP contribution in [0.2, 0.25) is 0 Å². The molecule has 0 aliphatic heterocycles. The molecular formula is C17H22FNO2. The summed E-state index contributed by atoms with van der Waals surface area (Å²) in [7, 11) is 0. The monoisotopic (exact) mass is 291 g/mol. The molecule has 0 saturated heterocycles. The number of carboxylic acids is 1. The molecule has 2 fully saturated rings. The van der Waals surface area contributed by atoms with E-state index in [2.05, 4.69) is 5.32 Å². The van der Waals surface area contributed by atoms with Gasteiger partial charge in [0.05, 0.1) is 0 Å². The average Bonchev–Trinajstić information content (AvgIpc) is 2.90. The molecule has 0 atom stereocenters. The molecule has 0 radical (unpaired) electrons. The van der Waals surface area contributed by atoms with Crippen LogP contribution in [0.15, 0.2) is 24.3 Å². The third kappa shape index (κ3) is 2.76. The fourth-order valence-corrected chi connectivity index (χ4v) is 4.07. The van der Waals surface area contributed by atoms with Crippen molar-refractivity contribution in [2.45, 2.75) is 56.9 Å². The van der Waals surface area contributed by atoms with Crippen molar-refractivity contribution in [3.05, 3.63) is 30.1 Å². The SMILES string of the molecule is O=C(O)C1(Nc2cccc(F)c2)CCC2(CCCC2)CC1. The molecule has 1 spiro atoms. The van der Waals surface area contributed by atoms with Gasteiger partial charge in [0, 0.05) is 5.69 Å². The van der Waals surface area contributed by atoms with Gasteiger partial charge in [0.25, 0.3) is 0 Å². The minimum absolute atomic E-state index is 0.344. The minimum Gasteiger partial charge on any atom is -0.480 e. The summed E-state index contributed by atoms with van der Waals surface area (Å²) in [5.74, 6) is -1.16. The third-order valence-electron chi connectivity index (χ3n) is 5.45. The Bertz CT molecular complexity index is 527. The van der Waals surface area contributed by atoms with E-state index in [0.717, 1.165) is 12.8 Å². The Kier molecular flexibility index (Phi) is 3.64. The highest BCUT2D eigenvalue weighted by Crippen LogP contribution is 2.51. The second-order valence-electron chi connectivity index (χ2n) is 6.73. The maximum atomic E-state index is 13.3. The second-order valence-corrected chi connectivity index (χ2v) is 6.73. The summed E-state index contributed by atoms with van der Waals surface area (Å²) >= 11 is 0. The highest BCUT2D eigenvalue weighted by Gasteiger charge is 2.48. The van der Waals surface area contributed by atoms with E-state index in [-0.39, 0.29) is 5.82 Å². The Morgan fingerprint density at radius 2 is 1.76 bits per heavy atom. The predicted molar refractivity (Wildman–Crippen MR) is 79.8 cm³/mol. The standard InChI is InChI=1S/C17H22FNO2/c18-13-4-3-5-14(12-13)19-17(15(20)21)10-8-16(9-11-17)6-1-2-7-16/h3-5,12,19H,1-2,6-11H2,(H,20,21). The Morgan fingerprint density at radius 1 is 1.10 bits per heavy atom. The predicted octanol–water partition coefficient (Wildman–Crippen LogP) is 4.20. The van der Waals surface area contributed by atoms with Crippen molar-refractivity contribution in [2.75, 3.05) is 5.32 Å². The zero-order valence-corrected chi connectivity index (χ0v) is 12.2. The lowest BCUT2D eigenvalue weighted by Crippen LogP contribution is -2.50. The van der Waals surface area contributed by atoms with Gasteiger partial charge in [-0.05, 0) is 62.1 Å². The van der Waals surface area contributed by atoms with Crippen LogP contribution in [0.5, 0.6) is 0 Å². The van der Waals surface area contributed by atoms with E-state index in [0.29, 0.717) is 23.9 Å². The van der Waals surface area contributed by atoms with Crippen LogP contribution < -0.4 is 5.32 Å². The summed E-state index contributed by atoms with van der Waals surface area (Å²) < 4.78 is 13.3. The number of anilines is 1. The van der Waals surface area contributed by atoms with E-state index >= 15 is 0 Å². The lowest BCUT2D eigenvalue weighted by atomic mass is 9.66. The molecular weight excluding hydrogens is 269 g/mol. The Hall–Kier alpha value is -1.58. The molecule has 0 bridgehead atoms. The van der Waals surface area contributed by atoms with Gasteiger partial charge in [-0.25, -0.2) is 9.18 Å². The topological polar surface area (TPSA) is 49.3 Å². The zero-order chi connectivity index (χ0) is 14.9. The highest BCUT2D eigenvalue weighted by atomic mass is 19.1. The van der Waals surface area contributed by atoms with Gasteiger partial charge in [-0.1, -0.05) is 18.9 Å². The first-order valence-electron chi connectivity index (χ1n) is 7.81. The summed E-state index contributed by atoms with van der Waals surface area (Å²) in [5.41, 5.74) is -0.00993. The van der Waals surface area contributed by atoms with Crippen LogP contribution in [-0.4, -0.2) is 16.6 Å². The summed E-state index contributed by atoms with van der Waals surface area (Å²) in [6.45, 7) is 0. The lowest BCUT2D eigenvalue weighted by molar-refractivity contribution is -0.144. The summed E-state index contributed by atoms with van der Waals surface area (Å²) in [4.78, 5) is 11.8. The fourth-order valence-electron chi connectivity index (χ4n) is 4.07. The molecule has 0 unspecified atom stereocenters. The van der Waals surface area contributed by atoms with Crippen LogP contribution in [0.25, 0.3) is 0 Å². The number of carbonyl (C=O) groups is 1. The highest BCUT2D eigenvalue weighted by molar-refractivity contribution is 5.83. The van der Waals surface area contributed by atoms with Gasteiger partial charge in [-0.2, -0.15) is 0 Å². The molecule has 2 aliphatic rings. The molecule has 4 heteroatoms. The molecule has 0 heterocycles. The van der Waals surface area contributed by atoms with Gasteiger partial charge >= 0.3 is 5.97 Å². The Morgan fingerprint density at radius 3 is 2.33 bits per heavy atom. The number of hydrogen-bond donors (Lipinski definition) is 2. The molecule has 1 aromatic rings. The smallest absolute Gasteiger partial charge is 0.329 e. The van der Waals surface area contributed by atoms with Crippen LogP contribution in [0.1, 0.15) is 51.4 Å². The van der Waals surface area contributed by atoms with Gasteiger partial charge in [0.2, 0.25) is 0 Å². The van der Waals surface area contributed by atoms with Gasteiger partial charge in [0.1, 0.15) is 11.4 Å². The number of rotatable bonds is 3. The third-order valence-corrected chi connectivity index (χ3v) is 5.45. The van der Waals surface area contributed by atoms with Crippen molar-refractivity contribution >= 4 is 11.7 Å². The number of hydrogen-bond acceptors (Lipinski definition) is 2. The van der Waals surface area contributed by atoms with Gasteiger partial charge in [-0.15, -0.1) is 0 Å². The first-order chi connectivity index (χ1) is 10.0. The first-order valence-corrected chi connectivity index (χ1v) is 7.81. The van der Waals surface area contributed by atoms with Crippen molar-refractivity contribution < 1.29 is 14.3 Å². The van der Waals surface area contributed by atoms with Crippen molar-refractivity contribution in [1.29, 1.82) is 0 Å². The quantitative estimate of drug-likeness (QED) is 0.877. The number of nitrogens with one attached hydrogen (secondary N) is 1. The molecule has 3 nitrogen and oxygen atoms in total. The Balaban J connectivity index is 1.77. The van der Waals surface area contributed by atoms with E-state index < -0.39 is 11.5 Å². The van der Waals surface area contributed by atoms with Crippen LogP contribution in [0.3, 0.4) is 0 Å². The molecule has 3 rings (SSSR count). The van der Waals surface area contributed by atoms with E-state index in [4.69, 9.17) is 0 Å². The first kappa shape index (κ1) is 14.4. The second kappa shape index (κ2) is 5.32. The van der Waals surface area contributed by atoms with Crippen molar-refractivity contribution in [3.8, 4) is 0 Å². The number of carboxylic acid groups (broad SMARTS) is 1. The molecule has 2 N–H and O–H groups in total. The van der Waals surface area contributed by atoms with E-state index in [1.165, 1.54) is 37.8 Å². The molecule has 0 aromatic heterocycles. The van der Waals surface area contributed by atoms with E-state index in [1.807, 2.05) is 0 Å². The van der Waals surface area contributed by atoms with Crippen LogP contribution in [0.4, 0.5) is 10.1 Å². The molecule has 21 heavy (non-hydrogen) atoms. The van der Waals surface area contributed by atoms with E-state index in [1.54, 1.807) is 12.1 Å². The van der Waals surface area contributed by atoms with Crippen LogP contribution in [0, 0.1) is 11.2 Å². The summed E-state index contributed by atoms with van der Waals surface area (Å²) in [6, 6.07) is 6.07. The van der Waals surface area contributed by atoms with Crippen molar-refractivity contribution in [1.82, 2.24) is 0 Å². The van der Waals surface area contributed by atoms with E-state index in [9.17, 15) is 14.3 Å². The molecule has 2 aliphatic carbocycles. The largest absolute Gasteiger partial charge is 0.480 e. The number of aliphatic carboxylic acids is 1. The van der Waals surface area contributed by atoms with Crippen LogP contribution in [-0.2, 0) is 4.79 Å². The Labute approximate surface area is 124 Å². The zero-order valence-electron chi connectivity index (χ0n) is 12.2. The molecule has 114 valence electrons. The maximum Gasteiger partial charge on any atom is 0.329 e. The van der Waals surface area contributed by atoms with Crippen LogP contribution >= 0.6 is 0 Å². The number of halogens is 1. The normalized spacial score (nSPS) is 23.1. The van der Waals surface area contributed by atoms with Gasteiger partial charge in [0.15, 0.2) is 0 Å². The fraction of sp³-hybridized carbons (Fsp3) is 0.588. The maximum absolute atomic E-state index is 13.3. The van der Waals surface area contributed by atoms with Gasteiger partial charge < -0.3 is 10.4 Å². The minimum atomic E-state index is -0.943. The van der Waals surface area contributed by atoms with Crippen molar-refractivity contribution in [2.24, 2.45) is 5.41 Å². The molecule has 2 saturated carbocycles.